The Bertz CT molecular complexity index is 967. The first kappa shape index (κ1) is 23.3. The molecule has 6 nitrogen and oxygen atoms in total. The molecule has 1 saturated heterocycles. The van der Waals surface area contributed by atoms with Gasteiger partial charge in [-0.25, -0.2) is 13.1 Å². The van der Waals surface area contributed by atoms with Gasteiger partial charge in [0, 0.05) is 39.4 Å². The van der Waals surface area contributed by atoms with Crippen LogP contribution in [0.1, 0.15) is 36.6 Å². The topological polar surface area (TPSA) is 69.7 Å². The van der Waals surface area contributed by atoms with Gasteiger partial charge in [-0.3, -0.25) is 4.79 Å². The molecule has 1 atom stereocenters. The summed E-state index contributed by atoms with van der Waals surface area (Å²) in [6.45, 7) is 5.77. The molecule has 0 aromatic heterocycles. The molecule has 0 radical (unpaired) electrons. The van der Waals surface area contributed by atoms with Crippen molar-refractivity contribution in [1.82, 2.24) is 9.62 Å². The Kier molecular flexibility index (Phi) is 7.38. The van der Waals surface area contributed by atoms with Gasteiger partial charge in [0.05, 0.1) is 5.92 Å². The van der Waals surface area contributed by atoms with Crippen molar-refractivity contribution in [2.45, 2.75) is 32.1 Å². The highest BCUT2D eigenvalue weighted by atomic mass is 32.2. The second-order valence-corrected chi connectivity index (χ2v) is 10.8. The van der Waals surface area contributed by atoms with E-state index in [1.807, 2.05) is 68.4 Å². The number of hydrogen-bond acceptors (Lipinski definition) is 4. The minimum atomic E-state index is -3.52. The van der Waals surface area contributed by atoms with Gasteiger partial charge in [0.25, 0.3) is 0 Å². The lowest BCUT2D eigenvalue weighted by atomic mass is 9.97. The van der Waals surface area contributed by atoms with Crippen molar-refractivity contribution < 1.29 is 13.2 Å². The molecule has 0 spiro atoms. The first-order chi connectivity index (χ1) is 14.7. The smallest absolute Gasteiger partial charge is 0.228 e. The fourth-order valence-electron chi connectivity index (χ4n) is 3.86. The summed E-state index contributed by atoms with van der Waals surface area (Å²) in [5, 5.41) is -0.569. The molecule has 1 fully saturated rings. The van der Waals surface area contributed by atoms with E-state index < -0.39 is 15.3 Å². The van der Waals surface area contributed by atoms with Crippen LogP contribution in [0.3, 0.4) is 0 Å². The summed E-state index contributed by atoms with van der Waals surface area (Å²) in [6, 6.07) is 17.3. The van der Waals surface area contributed by atoms with Gasteiger partial charge in [0.1, 0.15) is 5.25 Å². The lowest BCUT2D eigenvalue weighted by molar-refractivity contribution is -0.133. The highest BCUT2D eigenvalue weighted by Gasteiger charge is 2.33. The van der Waals surface area contributed by atoms with Crippen LogP contribution in [-0.4, -0.2) is 46.4 Å². The summed E-state index contributed by atoms with van der Waals surface area (Å²) >= 11 is 0. The Hall–Kier alpha value is -2.38. The minimum absolute atomic E-state index is 0.0531. The molecule has 0 bridgehead atoms. The zero-order chi connectivity index (χ0) is 22.6. The first-order valence-electron chi connectivity index (χ1n) is 10.8. The number of amides is 1. The standard InChI is InChI=1S/C24H33N3O3S/c1-18(2)14-23(20-8-6-5-7-9-20)31(29,30)25-15-19-10-12-22(13-11-19)27-16-21(17-27)24(28)26(3)4/h5-13,18,21,23,25H,14-17H2,1-4H3. The van der Waals surface area contributed by atoms with Gasteiger partial charge in [-0.15, -0.1) is 0 Å². The highest BCUT2D eigenvalue weighted by Crippen LogP contribution is 2.29. The van der Waals surface area contributed by atoms with Crippen LogP contribution in [0.4, 0.5) is 5.69 Å². The van der Waals surface area contributed by atoms with Gasteiger partial charge in [-0.05, 0) is 35.6 Å². The molecular weight excluding hydrogens is 410 g/mol. The van der Waals surface area contributed by atoms with Crippen LogP contribution in [0.5, 0.6) is 0 Å². The van der Waals surface area contributed by atoms with E-state index >= 15 is 0 Å². The molecule has 1 aliphatic heterocycles. The molecule has 1 amide bonds. The molecule has 0 saturated carbocycles. The number of carbonyl (C=O) groups excluding carboxylic acids is 1. The van der Waals surface area contributed by atoms with Crippen LogP contribution >= 0.6 is 0 Å². The Morgan fingerprint density at radius 3 is 2.23 bits per heavy atom. The summed E-state index contributed by atoms with van der Waals surface area (Å²) in [5.41, 5.74) is 2.78. The third-order valence-electron chi connectivity index (χ3n) is 5.68. The highest BCUT2D eigenvalue weighted by molar-refractivity contribution is 7.89. The number of hydrogen-bond donors (Lipinski definition) is 1. The van der Waals surface area contributed by atoms with Crippen molar-refractivity contribution in [3.05, 3.63) is 65.7 Å². The SMILES string of the molecule is CC(C)CC(c1ccccc1)S(=O)(=O)NCc1ccc(N2CC(C(=O)N(C)C)C2)cc1. The predicted molar refractivity (Wildman–Crippen MR) is 125 cm³/mol. The summed E-state index contributed by atoms with van der Waals surface area (Å²) in [7, 11) is 0.0480. The number of sulfonamides is 1. The number of carbonyl (C=O) groups is 1. The number of rotatable bonds is 9. The third-order valence-corrected chi connectivity index (χ3v) is 7.44. The van der Waals surface area contributed by atoms with Crippen LogP contribution in [0, 0.1) is 11.8 Å². The second-order valence-electron chi connectivity index (χ2n) is 8.90. The normalized spacial score (nSPS) is 15.6. The quantitative estimate of drug-likeness (QED) is 0.645. The third kappa shape index (κ3) is 5.86. The van der Waals surface area contributed by atoms with Crippen molar-refractivity contribution in [3.63, 3.8) is 0 Å². The molecule has 1 N–H and O–H groups in total. The predicted octanol–water partition coefficient (Wildman–Crippen LogP) is 3.42. The maximum Gasteiger partial charge on any atom is 0.228 e. The Morgan fingerprint density at radius 2 is 1.68 bits per heavy atom. The van der Waals surface area contributed by atoms with Crippen molar-refractivity contribution in [2.75, 3.05) is 32.1 Å². The van der Waals surface area contributed by atoms with Gasteiger partial charge in [-0.1, -0.05) is 56.3 Å². The van der Waals surface area contributed by atoms with E-state index in [0.717, 1.165) is 29.9 Å². The first-order valence-corrected chi connectivity index (χ1v) is 12.3. The monoisotopic (exact) mass is 443 g/mol. The molecule has 7 heteroatoms. The van der Waals surface area contributed by atoms with E-state index in [2.05, 4.69) is 9.62 Å². The fraction of sp³-hybridized carbons (Fsp3) is 0.458. The van der Waals surface area contributed by atoms with E-state index in [-0.39, 0.29) is 24.3 Å². The van der Waals surface area contributed by atoms with Crippen LogP contribution < -0.4 is 9.62 Å². The van der Waals surface area contributed by atoms with Gasteiger partial charge in [-0.2, -0.15) is 0 Å². The van der Waals surface area contributed by atoms with Crippen LogP contribution in [0.15, 0.2) is 54.6 Å². The van der Waals surface area contributed by atoms with Gasteiger partial charge < -0.3 is 9.80 Å². The minimum Gasteiger partial charge on any atom is -0.370 e. The lowest BCUT2D eigenvalue weighted by Gasteiger charge is -2.41. The van der Waals surface area contributed by atoms with Crippen molar-refractivity contribution in [1.29, 1.82) is 0 Å². The average molecular weight is 444 g/mol. The molecule has 0 aliphatic carbocycles. The summed E-state index contributed by atoms with van der Waals surface area (Å²) in [4.78, 5) is 15.8. The number of nitrogens with zero attached hydrogens (tertiary/aromatic N) is 2. The number of anilines is 1. The molecule has 1 aliphatic rings. The Labute approximate surface area is 186 Å². The molecule has 1 heterocycles. The molecule has 168 valence electrons. The number of benzene rings is 2. The Balaban J connectivity index is 1.60. The maximum absolute atomic E-state index is 13.1. The summed E-state index contributed by atoms with van der Waals surface area (Å²) < 4.78 is 28.9. The lowest BCUT2D eigenvalue weighted by Crippen LogP contribution is -2.53. The number of nitrogens with one attached hydrogen (secondary N) is 1. The fourth-order valence-corrected chi connectivity index (χ4v) is 5.58. The zero-order valence-electron chi connectivity index (χ0n) is 18.8. The van der Waals surface area contributed by atoms with E-state index in [1.165, 1.54) is 0 Å². The van der Waals surface area contributed by atoms with E-state index in [0.29, 0.717) is 6.42 Å². The average Bonchev–Trinajstić information content (AvgIpc) is 2.70. The van der Waals surface area contributed by atoms with Gasteiger partial charge in [0.15, 0.2) is 0 Å². The summed E-state index contributed by atoms with van der Waals surface area (Å²) in [6.07, 6.45) is 0.570. The zero-order valence-corrected chi connectivity index (χ0v) is 19.6. The summed E-state index contributed by atoms with van der Waals surface area (Å²) in [5.74, 6) is 0.481. The van der Waals surface area contributed by atoms with Crippen molar-refractivity contribution in [3.8, 4) is 0 Å². The molecule has 2 aromatic carbocycles. The van der Waals surface area contributed by atoms with Crippen LogP contribution in [0.25, 0.3) is 0 Å². The molecule has 1 unspecified atom stereocenters. The molecule has 31 heavy (non-hydrogen) atoms. The maximum atomic E-state index is 13.1. The van der Waals surface area contributed by atoms with Gasteiger partial charge in [0.2, 0.25) is 15.9 Å². The van der Waals surface area contributed by atoms with Gasteiger partial charge >= 0.3 is 0 Å². The molecular formula is C24H33N3O3S. The van der Waals surface area contributed by atoms with Crippen molar-refractivity contribution in [2.24, 2.45) is 11.8 Å². The largest absolute Gasteiger partial charge is 0.370 e. The van der Waals surface area contributed by atoms with Crippen LogP contribution in [0.2, 0.25) is 0 Å². The molecule has 3 rings (SSSR count). The van der Waals surface area contributed by atoms with E-state index in [9.17, 15) is 13.2 Å². The Morgan fingerprint density at radius 1 is 1.06 bits per heavy atom. The van der Waals surface area contributed by atoms with E-state index in [1.54, 1.807) is 19.0 Å². The van der Waals surface area contributed by atoms with Crippen LogP contribution in [-0.2, 0) is 21.4 Å². The molecule has 2 aromatic rings. The van der Waals surface area contributed by atoms with E-state index in [4.69, 9.17) is 0 Å². The van der Waals surface area contributed by atoms with Crippen molar-refractivity contribution >= 4 is 21.6 Å². The second kappa shape index (κ2) is 9.83.